The van der Waals surface area contributed by atoms with Gasteiger partial charge in [-0.25, -0.2) is 8.42 Å². The fourth-order valence-electron chi connectivity index (χ4n) is 4.32. The molecule has 0 heterocycles. The van der Waals surface area contributed by atoms with Crippen LogP contribution in [0.15, 0.2) is 77.7 Å². The molecule has 0 aliphatic carbocycles. The van der Waals surface area contributed by atoms with Gasteiger partial charge in [0.25, 0.3) is 10.0 Å². The standard InChI is InChI=1S/C31H38ClN3O4S/c1-6-28(31(37)33-19-22(2)3)34(20-25-13-11-23(4)12-14-25)30(36)21-35(29-10-8-7-9-24(29)5)40(38,39)27-17-15-26(32)16-18-27/h7-18,22,28H,6,19-21H2,1-5H3,(H,33,37). The molecule has 2 amide bonds. The lowest BCUT2D eigenvalue weighted by atomic mass is 10.1. The van der Waals surface area contributed by atoms with Gasteiger partial charge in [0.1, 0.15) is 12.6 Å². The first kappa shape index (κ1) is 31.2. The van der Waals surface area contributed by atoms with Crippen molar-refractivity contribution in [2.24, 2.45) is 5.92 Å². The Bertz CT molecular complexity index is 1410. The summed E-state index contributed by atoms with van der Waals surface area (Å²) in [6.45, 7) is 9.77. The van der Waals surface area contributed by atoms with Gasteiger partial charge in [-0.05, 0) is 67.6 Å². The Kier molecular flexibility index (Phi) is 10.8. The maximum Gasteiger partial charge on any atom is 0.264 e. The second-order valence-corrected chi connectivity index (χ2v) is 12.6. The largest absolute Gasteiger partial charge is 0.354 e. The molecule has 0 spiro atoms. The maximum atomic E-state index is 14.1. The third-order valence-corrected chi connectivity index (χ3v) is 8.63. The van der Waals surface area contributed by atoms with Crippen molar-refractivity contribution in [2.75, 3.05) is 17.4 Å². The summed E-state index contributed by atoms with van der Waals surface area (Å²) in [5.41, 5.74) is 3.00. The second kappa shape index (κ2) is 13.8. The second-order valence-electron chi connectivity index (χ2n) is 10.3. The number of hydrogen-bond acceptors (Lipinski definition) is 4. The molecule has 0 radical (unpaired) electrons. The molecule has 0 fully saturated rings. The predicted octanol–water partition coefficient (Wildman–Crippen LogP) is 5.73. The van der Waals surface area contributed by atoms with Crippen LogP contribution < -0.4 is 9.62 Å². The third-order valence-electron chi connectivity index (χ3n) is 6.61. The van der Waals surface area contributed by atoms with Crippen molar-refractivity contribution >= 4 is 39.1 Å². The first-order valence-corrected chi connectivity index (χ1v) is 15.2. The van der Waals surface area contributed by atoms with Gasteiger partial charge < -0.3 is 10.2 Å². The molecule has 0 saturated heterocycles. The molecule has 214 valence electrons. The molecule has 1 unspecified atom stereocenters. The van der Waals surface area contributed by atoms with Crippen LogP contribution in [-0.4, -0.2) is 44.3 Å². The van der Waals surface area contributed by atoms with Crippen molar-refractivity contribution in [1.82, 2.24) is 10.2 Å². The van der Waals surface area contributed by atoms with Crippen molar-refractivity contribution in [1.29, 1.82) is 0 Å². The Morgan fingerprint density at radius 2 is 1.55 bits per heavy atom. The number of nitrogens with one attached hydrogen (secondary N) is 1. The SMILES string of the molecule is CCC(C(=O)NCC(C)C)N(Cc1ccc(C)cc1)C(=O)CN(c1ccccc1C)S(=O)(=O)c1ccc(Cl)cc1. The van der Waals surface area contributed by atoms with E-state index in [2.05, 4.69) is 5.32 Å². The van der Waals surface area contributed by atoms with E-state index in [9.17, 15) is 18.0 Å². The molecule has 1 N–H and O–H groups in total. The summed E-state index contributed by atoms with van der Waals surface area (Å²) in [5, 5.41) is 3.34. The first-order chi connectivity index (χ1) is 18.9. The number of hydrogen-bond donors (Lipinski definition) is 1. The number of nitrogens with zero attached hydrogens (tertiary/aromatic N) is 2. The number of amides is 2. The molecule has 9 heteroatoms. The number of para-hydroxylation sites is 1. The monoisotopic (exact) mass is 583 g/mol. The van der Waals surface area contributed by atoms with Crippen molar-refractivity contribution < 1.29 is 18.0 Å². The van der Waals surface area contributed by atoms with E-state index >= 15 is 0 Å². The summed E-state index contributed by atoms with van der Waals surface area (Å²) in [6.07, 6.45) is 0.371. The van der Waals surface area contributed by atoms with Crippen LogP contribution in [0.3, 0.4) is 0 Å². The lowest BCUT2D eigenvalue weighted by molar-refractivity contribution is -0.140. The molecule has 0 bridgehead atoms. The van der Waals surface area contributed by atoms with Crippen molar-refractivity contribution in [2.45, 2.75) is 58.5 Å². The quantitative estimate of drug-likeness (QED) is 0.295. The number of rotatable bonds is 12. The molecule has 0 aliphatic heterocycles. The fraction of sp³-hybridized carbons (Fsp3) is 0.355. The van der Waals surface area contributed by atoms with Gasteiger partial charge in [0.2, 0.25) is 11.8 Å². The Morgan fingerprint density at radius 1 is 0.925 bits per heavy atom. The van der Waals surface area contributed by atoms with Gasteiger partial charge in [-0.2, -0.15) is 0 Å². The van der Waals surface area contributed by atoms with Crippen LogP contribution in [0.1, 0.15) is 43.9 Å². The van der Waals surface area contributed by atoms with E-state index in [4.69, 9.17) is 11.6 Å². The minimum Gasteiger partial charge on any atom is -0.354 e. The highest BCUT2D eigenvalue weighted by molar-refractivity contribution is 7.92. The fourth-order valence-corrected chi connectivity index (χ4v) is 5.93. The zero-order valence-electron chi connectivity index (χ0n) is 23.7. The predicted molar refractivity (Wildman–Crippen MR) is 161 cm³/mol. The average molecular weight is 584 g/mol. The van der Waals surface area contributed by atoms with Crippen LogP contribution in [0.4, 0.5) is 5.69 Å². The highest BCUT2D eigenvalue weighted by atomic mass is 35.5. The lowest BCUT2D eigenvalue weighted by Gasteiger charge is -2.33. The van der Waals surface area contributed by atoms with Crippen molar-refractivity contribution in [3.8, 4) is 0 Å². The van der Waals surface area contributed by atoms with Crippen LogP contribution in [0.25, 0.3) is 0 Å². The smallest absolute Gasteiger partial charge is 0.264 e. The maximum absolute atomic E-state index is 14.1. The molecule has 0 aromatic heterocycles. The number of anilines is 1. The van der Waals surface area contributed by atoms with E-state index in [1.54, 1.807) is 25.1 Å². The molecule has 1 atom stereocenters. The van der Waals surface area contributed by atoms with Gasteiger partial charge >= 0.3 is 0 Å². The minimum absolute atomic E-state index is 0.0137. The Labute approximate surface area is 243 Å². The highest BCUT2D eigenvalue weighted by Gasteiger charge is 2.34. The van der Waals surface area contributed by atoms with E-state index in [1.807, 2.05) is 58.0 Å². The van der Waals surface area contributed by atoms with E-state index < -0.39 is 28.5 Å². The zero-order valence-corrected chi connectivity index (χ0v) is 25.3. The number of carbonyl (C=O) groups is 2. The highest BCUT2D eigenvalue weighted by Crippen LogP contribution is 2.28. The normalized spacial score (nSPS) is 12.2. The third kappa shape index (κ3) is 7.86. The van der Waals surface area contributed by atoms with Gasteiger partial charge in [-0.1, -0.05) is 80.4 Å². The van der Waals surface area contributed by atoms with Crippen LogP contribution >= 0.6 is 11.6 Å². The molecule has 0 aliphatic rings. The number of benzene rings is 3. The molecule has 40 heavy (non-hydrogen) atoms. The zero-order chi connectivity index (χ0) is 29.4. The lowest BCUT2D eigenvalue weighted by Crippen LogP contribution is -2.52. The molecule has 0 saturated carbocycles. The van der Waals surface area contributed by atoms with E-state index in [-0.39, 0.29) is 23.3 Å². The summed E-state index contributed by atoms with van der Waals surface area (Å²) in [6, 6.07) is 19.8. The van der Waals surface area contributed by atoms with Crippen LogP contribution in [0.5, 0.6) is 0 Å². The van der Waals surface area contributed by atoms with E-state index in [0.29, 0.717) is 29.2 Å². The number of aryl methyl sites for hydroxylation is 2. The number of sulfonamides is 1. The van der Waals surface area contributed by atoms with Crippen molar-refractivity contribution in [3.05, 3.63) is 94.5 Å². The molecular weight excluding hydrogens is 546 g/mol. The summed E-state index contributed by atoms with van der Waals surface area (Å²) in [7, 11) is -4.15. The van der Waals surface area contributed by atoms with Gasteiger partial charge in [-0.15, -0.1) is 0 Å². The molecule has 3 aromatic rings. The Hall–Kier alpha value is -3.36. The van der Waals surface area contributed by atoms with Gasteiger partial charge in [0, 0.05) is 18.1 Å². The average Bonchev–Trinajstić information content (AvgIpc) is 2.92. The number of halogens is 1. The molecule has 3 aromatic carbocycles. The molecular formula is C31H38ClN3O4S. The summed E-state index contributed by atoms with van der Waals surface area (Å²) in [5.74, 6) is -0.503. The minimum atomic E-state index is -4.15. The van der Waals surface area contributed by atoms with E-state index in [1.165, 1.54) is 29.2 Å². The van der Waals surface area contributed by atoms with Crippen LogP contribution in [0, 0.1) is 19.8 Å². The summed E-state index contributed by atoms with van der Waals surface area (Å²) in [4.78, 5) is 28.9. The molecule has 7 nitrogen and oxygen atoms in total. The topological polar surface area (TPSA) is 86.8 Å². The molecule has 3 rings (SSSR count). The summed E-state index contributed by atoms with van der Waals surface area (Å²) < 4.78 is 29.0. The van der Waals surface area contributed by atoms with Crippen molar-refractivity contribution in [3.63, 3.8) is 0 Å². The first-order valence-electron chi connectivity index (χ1n) is 13.4. The van der Waals surface area contributed by atoms with E-state index in [0.717, 1.165) is 15.4 Å². The van der Waals surface area contributed by atoms with Gasteiger partial charge in [-0.3, -0.25) is 13.9 Å². The Morgan fingerprint density at radius 3 is 2.12 bits per heavy atom. The van der Waals surface area contributed by atoms with Crippen LogP contribution in [-0.2, 0) is 26.2 Å². The Balaban J connectivity index is 2.05. The van der Waals surface area contributed by atoms with Gasteiger partial charge in [0.15, 0.2) is 0 Å². The van der Waals surface area contributed by atoms with Gasteiger partial charge in [0.05, 0.1) is 10.6 Å². The number of carbonyl (C=O) groups excluding carboxylic acids is 2. The van der Waals surface area contributed by atoms with Crippen LogP contribution in [0.2, 0.25) is 5.02 Å². The summed E-state index contributed by atoms with van der Waals surface area (Å²) >= 11 is 6.01.